The fraction of sp³-hybridized carbons (Fsp3) is 0.500. The fourth-order valence-electron chi connectivity index (χ4n) is 2.41. The number of aliphatic hydroxyl groups is 1. The molecular weight excluding hydrogens is 321 g/mol. The number of sulfone groups is 1. The van der Waals surface area contributed by atoms with Gasteiger partial charge in [-0.15, -0.1) is 0 Å². The minimum absolute atomic E-state index is 0.0109. The Hall–Kier alpha value is -1.03. The zero-order valence-electron chi connectivity index (χ0n) is 11.3. The van der Waals surface area contributed by atoms with Crippen LogP contribution in [0.1, 0.15) is 6.92 Å². The van der Waals surface area contributed by atoms with E-state index in [-0.39, 0.29) is 11.4 Å². The van der Waals surface area contributed by atoms with Gasteiger partial charge in [0.15, 0.2) is 9.84 Å². The maximum Gasteiger partial charge on any atom is 0.243 e. The van der Waals surface area contributed by atoms with E-state index in [1.54, 1.807) is 6.92 Å². The molecule has 6 nitrogen and oxygen atoms in total. The van der Waals surface area contributed by atoms with Crippen LogP contribution in [0.5, 0.6) is 0 Å². The molecule has 1 saturated heterocycles. The number of nitrogens with zero attached hydrogens (tertiary/aromatic N) is 1. The molecule has 1 heterocycles. The molecule has 118 valence electrons. The molecule has 0 aliphatic carbocycles. The Morgan fingerprint density at radius 1 is 1.29 bits per heavy atom. The number of benzene rings is 1. The zero-order valence-corrected chi connectivity index (χ0v) is 12.9. The lowest BCUT2D eigenvalue weighted by atomic mass is 10.2. The monoisotopic (exact) mass is 337 g/mol. The molecule has 9 heteroatoms. The number of hydrogen-bond acceptors (Lipinski definition) is 5. The summed E-state index contributed by atoms with van der Waals surface area (Å²) >= 11 is 0. The molecule has 0 aromatic heterocycles. The van der Waals surface area contributed by atoms with Crippen LogP contribution in [-0.4, -0.2) is 56.4 Å². The molecule has 1 N–H and O–H groups in total. The van der Waals surface area contributed by atoms with Crippen LogP contribution in [0.2, 0.25) is 0 Å². The minimum Gasteiger partial charge on any atom is -0.390 e. The van der Waals surface area contributed by atoms with Crippen molar-refractivity contribution in [2.75, 3.05) is 18.1 Å². The van der Waals surface area contributed by atoms with Gasteiger partial charge < -0.3 is 5.11 Å². The number of aliphatic hydroxyl groups excluding tert-OH is 1. The average Bonchev–Trinajstić information content (AvgIpc) is 2.64. The molecule has 1 aliphatic rings. The first-order chi connectivity index (χ1) is 9.67. The lowest BCUT2D eigenvalue weighted by molar-refractivity contribution is 0.130. The molecule has 0 unspecified atom stereocenters. The summed E-state index contributed by atoms with van der Waals surface area (Å²) in [7, 11) is -7.46. The highest BCUT2D eigenvalue weighted by Gasteiger charge is 2.44. The van der Waals surface area contributed by atoms with Gasteiger partial charge in [0.25, 0.3) is 0 Å². The van der Waals surface area contributed by atoms with E-state index in [1.807, 2.05) is 0 Å². The second-order valence-electron chi connectivity index (χ2n) is 4.87. The van der Waals surface area contributed by atoms with Gasteiger partial charge in [-0.2, -0.15) is 4.31 Å². The molecule has 1 fully saturated rings. The molecular formula is C12H16FNO5S2. The first-order valence-electron chi connectivity index (χ1n) is 6.33. The van der Waals surface area contributed by atoms with Crippen molar-refractivity contribution in [1.29, 1.82) is 0 Å². The maximum atomic E-state index is 12.9. The van der Waals surface area contributed by atoms with Crippen LogP contribution in [0, 0.1) is 5.82 Å². The highest BCUT2D eigenvalue weighted by molar-refractivity contribution is 7.92. The SMILES string of the molecule is CCN([C@@H]1CS(=O)(=O)C[C@@H]1O)S(=O)(=O)c1ccc(F)cc1. The van der Waals surface area contributed by atoms with Crippen LogP contribution in [0.25, 0.3) is 0 Å². The van der Waals surface area contributed by atoms with Crippen molar-refractivity contribution >= 4 is 19.9 Å². The Bertz CT molecular complexity index is 715. The van der Waals surface area contributed by atoms with E-state index < -0.39 is 49.3 Å². The van der Waals surface area contributed by atoms with Gasteiger partial charge in [-0.25, -0.2) is 21.2 Å². The standard InChI is InChI=1S/C12H16FNO5S2/c1-2-14(11-7-20(16,17)8-12(11)15)21(18,19)10-5-3-9(13)4-6-10/h3-6,11-12,15H,2,7-8H2,1H3/t11-,12+/m1/s1. The van der Waals surface area contributed by atoms with Crippen LogP contribution >= 0.6 is 0 Å². The van der Waals surface area contributed by atoms with Crippen LogP contribution in [0.3, 0.4) is 0 Å². The van der Waals surface area contributed by atoms with E-state index in [9.17, 15) is 26.3 Å². The van der Waals surface area contributed by atoms with Crippen LogP contribution < -0.4 is 0 Å². The summed E-state index contributed by atoms with van der Waals surface area (Å²) in [5.74, 6) is -1.43. The summed E-state index contributed by atoms with van der Waals surface area (Å²) in [5.41, 5.74) is 0. The number of rotatable bonds is 4. The molecule has 1 aromatic rings. The molecule has 0 saturated carbocycles. The summed E-state index contributed by atoms with van der Waals surface area (Å²) in [4.78, 5) is -0.137. The van der Waals surface area contributed by atoms with E-state index in [0.29, 0.717) is 0 Å². The van der Waals surface area contributed by atoms with Crippen molar-refractivity contribution in [3.63, 3.8) is 0 Å². The average molecular weight is 337 g/mol. The first kappa shape index (κ1) is 16.3. The Balaban J connectivity index is 2.39. The minimum atomic E-state index is -3.99. The van der Waals surface area contributed by atoms with E-state index >= 15 is 0 Å². The smallest absolute Gasteiger partial charge is 0.243 e. The fourth-order valence-corrected chi connectivity index (χ4v) is 5.97. The van der Waals surface area contributed by atoms with Crippen LogP contribution in [0.4, 0.5) is 4.39 Å². The molecule has 0 radical (unpaired) electrons. The normalized spacial score (nSPS) is 25.3. The number of sulfonamides is 1. The predicted molar refractivity (Wildman–Crippen MR) is 74.4 cm³/mol. The second-order valence-corrected chi connectivity index (χ2v) is 8.92. The molecule has 2 rings (SSSR count). The van der Waals surface area contributed by atoms with Crippen molar-refractivity contribution in [2.24, 2.45) is 0 Å². The van der Waals surface area contributed by atoms with Gasteiger partial charge >= 0.3 is 0 Å². The van der Waals surface area contributed by atoms with Crippen LogP contribution in [0.15, 0.2) is 29.2 Å². The third kappa shape index (κ3) is 3.25. The quantitative estimate of drug-likeness (QED) is 0.835. The third-order valence-corrected chi connectivity index (χ3v) is 7.11. The Kier molecular flexibility index (Phi) is 4.39. The van der Waals surface area contributed by atoms with E-state index in [2.05, 4.69) is 0 Å². The summed E-state index contributed by atoms with van der Waals surface area (Å²) in [6.07, 6.45) is -1.26. The maximum absolute atomic E-state index is 12.9. The summed E-state index contributed by atoms with van der Waals surface area (Å²) < 4.78 is 62.0. The van der Waals surface area contributed by atoms with Gasteiger partial charge in [0, 0.05) is 6.54 Å². The van der Waals surface area contributed by atoms with Crippen LogP contribution in [-0.2, 0) is 19.9 Å². The third-order valence-electron chi connectivity index (χ3n) is 3.40. The molecule has 1 aromatic carbocycles. The van der Waals surface area contributed by atoms with Crippen molar-refractivity contribution in [2.45, 2.75) is 24.0 Å². The molecule has 0 spiro atoms. The molecule has 0 bridgehead atoms. The Labute approximate surface area is 123 Å². The Morgan fingerprint density at radius 2 is 1.86 bits per heavy atom. The van der Waals surface area contributed by atoms with Crippen molar-refractivity contribution in [3.8, 4) is 0 Å². The van der Waals surface area contributed by atoms with Crippen molar-refractivity contribution < 1.29 is 26.3 Å². The van der Waals surface area contributed by atoms with Gasteiger partial charge in [-0.05, 0) is 24.3 Å². The van der Waals surface area contributed by atoms with Crippen molar-refractivity contribution in [3.05, 3.63) is 30.1 Å². The first-order valence-corrected chi connectivity index (χ1v) is 9.59. The van der Waals surface area contributed by atoms with Gasteiger partial charge in [0.05, 0.1) is 28.5 Å². The van der Waals surface area contributed by atoms with Gasteiger partial charge in [0.2, 0.25) is 10.0 Å². The largest absolute Gasteiger partial charge is 0.390 e. The van der Waals surface area contributed by atoms with E-state index in [0.717, 1.165) is 28.6 Å². The van der Waals surface area contributed by atoms with E-state index in [4.69, 9.17) is 0 Å². The zero-order chi connectivity index (χ0) is 15.8. The summed E-state index contributed by atoms with van der Waals surface area (Å²) in [5, 5.41) is 9.84. The van der Waals surface area contributed by atoms with E-state index in [1.165, 1.54) is 0 Å². The highest BCUT2D eigenvalue weighted by atomic mass is 32.2. The summed E-state index contributed by atoms with van der Waals surface area (Å²) in [6, 6.07) is 3.24. The highest BCUT2D eigenvalue weighted by Crippen LogP contribution is 2.25. The van der Waals surface area contributed by atoms with Gasteiger partial charge in [-0.1, -0.05) is 6.92 Å². The molecule has 0 amide bonds. The van der Waals surface area contributed by atoms with Gasteiger partial charge in [-0.3, -0.25) is 0 Å². The lowest BCUT2D eigenvalue weighted by Crippen LogP contribution is -2.46. The number of hydrogen-bond donors (Lipinski definition) is 1. The molecule has 21 heavy (non-hydrogen) atoms. The second kappa shape index (κ2) is 5.64. The predicted octanol–water partition coefficient (Wildman–Crippen LogP) is -0.00580. The number of likely N-dealkylation sites (N-methyl/N-ethyl adjacent to an activating group) is 1. The topological polar surface area (TPSA) is 91.8 Å². The van der Waals surface area contributed by atoms with Crippen molar-refractivity contribution in [1.82, 2.24) is 4.31 Å². The molecule has 2 atom stereocenters. The summed E-state index contributed by atoms with van der Waals surface area (Å²) in [6.45, 7) is 1.57. The number of halogens is 1. The molecule has 1 aliphatic heterocycles. The lowest BCUT2D eigenvalue weighted by Gasteiger charge is -2.28. The Morgan fingerprint density at radius 3 is 2.29 bits per heavy atom. The van der Waals surface area contributed by atoms with Gasteiger partial charge in [0.1, 0.15) is 5.82 Å².